The summed E-state index contributed by atoms with van der Waals surface area (Å²) in [6, 6.07) is 7.48. The van der Waals surface area contributed by atoms with Gasteiger partial charge in [-0.1, -0.05) is 23.7 Å². The number of carbonyl (C=O) groups excluding carboxylic acids is 1. The smallest absolute Gasteiger partial charge is 0.252 e. The minimum absolute atomic E-state index is 0.100. The SMILES string of the molecule is CC(CNC(=O)c1ccccc1Cl)N1CCN(C)CC1. The molecule has 1 saturated heterocycles. The van der Waals surface area contributed by atoms with Gasteiger partial charge in [0, 0.05) is 38.8 Å². The van der Waals surface area contributed by atoms with E-state index in [-0.39, 0.29) is 5.91 Å². The first-order chi connectivity index (χ1) is 9.58. The molecule has 0 aromatic heterocycles. The number of amides is 1. The van der Waals surface area contributed by atoms with Gasteiger partial charge in [-0.2, -0.15) is 0 Å². The summed E-state index contributed by atoms with van der Waals surface area (Å²) in [6.07, 6.45) is 0. The molecule has 0 bridgehead atoms. The van der Waals surface area contributed by atoms with Crippen LogP contribution in [-0.2, 0) is 0 Å². The van der Waals surface area contributed by atoms with Gasteiger partial charge < -0.3 is 10.2 Å². The highest BCUT2D eigenvalue weighted by Gasteiger charge is 2.19. The van der Waals surface area contributed by atoms with Crippen molar-refractivity contribution in [3.05, 3.63) is 34.9 Å². The fourth-order valence-electron chi connectivity index (χ4n) is 2.37. The standard InChI is InChI=1S/C15H22ClN3O/c1-12(19-9-7-18(2)8-10-19)11-17-15(20)13-5-3-4-6-14(13)16/h3-6,12H,7-11H2,1-2H3,(H,17,20). The van der Waals surface area contributed by atoms with Crippen molar-refractivity contribution in [1.82, 2.24) is 15.1 Å². The second-order valence-corrected chi connectivity index (χ2v) is 5.79. The minimum Gasteiger partial charge on any atom is -0.350 e. The van der Waals surface area contributed by atoms with Gasteiger partial charge in [-0.05, 0) is 26.1 Å². The lowest BCUT2D eigenvalue weighted by molar-refractivity contribution is 0.0903. The van der Waals surface area contributed by atoms with Crippen LogP contribution in [0.2, 0.25) is 5.02 Å². The van der Waals surface area contributed by atoms with Gasteiger partial charge in [0.2, 0.25) is 0 Å². The quantitative estimate of drug-likeness (QED) is 0.918. The van der Waals surface area contributed by atoms with E-state index >= 15 is 0 Å². The van der Waals surface area contributed by atoms with Gasteiger partial charge in [0.25, 0.3) is 5.91 Å². The van der Waals surface area contributed by atoms with Crippen molar-refractivity contribution in [2.45, 2.75) is 13.0 Å². The molecule has 20 heavy (non-hydrogen) atoms. The highest BCUT2D eigenvalue weighted by molar-refractivity contribution is 6.33. The van der Waals surface area contributed by atoms with E-state index in [4.69, 9.17) is 11.6 Å². The first kappa shape index (κ1) is 15.3. The zero-order valence-electron chi connectivity index (χ0n) is 12.1. The Balaban J connectivity index is 1.83. The van der Waals surface area contributed by atoms with Crippen molar-refractivity contribution in [2.24, 2.45) is 0 Å². The molecular formula is C15H22ClN3O. The van der Waals surface area contributed by atoms with Gasteiger partial charge in [-0.25, -0.2) is 0 Å². The third-order valence-electron chi connectivity index (χ3n) is 3.84. The molecule has 1 aliphatic heterocycles. The van der Waals surface area contributed by atoms with Crippen molar-refractivity contribution in [1.29, 1.82) is 0 Å². The summed E-state index contributed by atoms with van der Waals surface area (Å²) >= 11 is 6.02. The number of nitrogens with zero attached hydrogens (tertiary/aromatic N) is 2. The van der Waals surface area contributed by atoms with Crippen LogP contribution in [0.5, 0.6) is 0 Å². The minimum atomic E-state index is -0.100. The number of likely N-dealkylation sites (N-methyl/N-ethyl adjacent to an activating group) is 1. The summed E-state index contributed by atoms with van der Waals surface area (Å²) in [6.45, 7) is 7.08. The fraction of sp³-hybridized carbons (Fsp3) is 0.533. The van der Waals surface area contributed by atoms with Crippen molar-refractivity contribution in [3.8, 4) is 0 Å². The Morgan fingerprint density at radius 3 is 2.60 bits per heavy atom. The third kappa shape index (κ3) is 3.95. The molecule has 1 fully saturated rings. The molecule has 0 spiro atoms. The highest BCUT2D eigenvalue weighted by Crippen LogP contribution is 2.14. The van der Waals surface area contributed by atoms with Gasteiger partial charge >= 0.3 is 0 Å². The van der Waals surface area contributed by atoms with Crippen LogP contribution < -0.4 is 5.32 Å². The van der Waals surface area contributed by atoms with E-state index in [9.17, 15) is 4.79 Å². The van der Waals surface area contributed by atoms with Gasteiger partial charge in [0.1, 0.15) is 0 Å². The number of benzene rings is 1. The lowest BCUT2D eigenvalue weighted by Gasteiger charge is -2.36. The first-order valence-corrected chi connectivity index (χ1v) is 7.41. The number of nitrogens with one attached hydrogen (secondary N) is 1. The summed E-state index contributed by atoms with van der Waals surface area (Å²) in [5, 5.41) is 3.47. The molecule has 1 aromatic rings. The second kappa shape index (κ2) is 7.07. The fourth-order valence-corrected chi connectivity index (χ4v) is 2.59. The van der Waals surface area contributed by atoms with E-state index in [1.54, 1.807) is 12.1 Å². The molecule has 1 aromatic carbocycles. The maximum atomic E-state index is 12.1. The largest absolute Gasteiger partial charge is 0.350 e. The number of hydrogen-bond acceptors (Lipinski definition) is 3. The molecule has 0 saturated carbocycles. The molecule has 2 rings (SSSR count). The van der Waals surface area contributed by atoms with E-state index in [0.29, 0.717) is 23.2 Å². The van der Waals surface area contributed by atoms with Crippen LogP contribution in [0.4, 0.5) is 0 Å². The number of carbonyl (C=O) groups is 1. The second-order valence-electron chi connectivity index (χ2n) is 5.38. The lowest BCUT2D eigenvalue weighted by atomic mass is 10.2. The van der Waals surface area contributed by atoms with Crippen LogP contribution in [0, 0.1) is 0 Å². The Kier molecular flexibility index (Phi) is 5.40. The van der Waals surface area contributed by atoms with Gasteiger partial charge in [0.15, 0.2) is 0 Å². The van der Waals surface area contributed by atoms with Crippen molar-refractivity contribution in [2.75, 3.05) is 39.8 Å². The predicted octanol–water partition coefficient (Wildman–Crippen LogP) is 1.71. The van der Waals surface area contributed by atoms with Crippen LogP contribution in [0.15, 0.2) is 24.3 Å². The number of halogens is 1. The highest BCUT2D eigenvalue weighted by atomic mass is 35.5. The molecule has 110 valence electrons. The van der Waals surface area contributed by atoms with E-state index in [1.165, 1.54) is 0 Å². The summed E-state index contributed by atoms with van der Waals surface area (Å²) in [5.74, 6) is -0.100. The number of hydrogen-bond donors (Lipinski definition) is 1. The summed E-state index contributed by atoms with van der Waals surface area (Å²) in [5.41, 5.74) is 0.541. The molecule has 0 radical (unpaired) electrons. The maximum Gasteiger partial charge on any atom is 0.252 e. The van der Waals surface area contributed by atoms with Crippen LogP contribution in [0.25, 0.3) is 0 Å². The van der Waals surface area contributed by atoms with E-state index in [1.807, 2.05) is 12.1 Å². The molecule has 4 nitrogen and oxygen atoms in total. The zero-order valence-corrected chi connectivity index (χ0v) is 12.9. The Morgan fingerprint density at radius 1 is 1.30 bits per heavy atom. The average Bonchev–Trinajstić information content (AvgIpc) is 2.45. The van der Waals surface area contributed by atoms with Crippen LogP contribution >= 0.6 is 11.6 Å². The van der Waals surface area contributed by atoms with Crippen molar-refractivity contribution >= 4 is 17.5 Å². The third-order valence-corrected chi connectivity index (χ3v) is 4.17. The topological polar surface area (TPSA) is 35.6 Å². The Hall–Kier alpha value is -1.10. The molecule has 1 atom stereocenters. The average molecular weight is 296 g/mol. The van der Waals surface area contributed by atoms with E-state index in [0.717, 1.165) is 26.2 Å². The number of rotatable bonds is 4. The summed E-state index contributed by atoms with van der Waals surface area (Å²) < 4.78 is 0. The van der Waals surface area contributed by atoms with Gasteiger partial charge in [-0.15, -0.1) is 0 Å². The van der Waals surface area contributed by atoms with Crippen LogP contribution in [0.3, 0.4) is 0 Å². The van der Waals surface area contributed by atoms with Gasteiger partial charge in [-0.3, -0.25) is 9.69 Å². The molecule has 1 heterocycles. The maximum absolute atomic E-state index is 12.1. The molecular weight excluding hydrogens is 274 g/mol. The Bertz CT molecular complexity index is 458. The van der Waals surface area contributed by atoms with Crippen LogP contribution in [0.1, 0.15) is 17.3 Å². The normalized spacial score (nSPS) is 18.8. The Labute approximate surface area is 125 Å². The van der Waals surface area contributed by atoms with E-state index < -0.39 is 0 Å². The van der Waals surface area contributed by atoms with Crippen molar-refractivity contribution < 1.29 is 4.79 Å². The number of piperazine rings is 1. The first-order valence-electron chi connectivity index (χ1n) is 7.03. The van der Waals surface area contributed by atoms with E-state index in [2.05, 4.69) is 29.1 Å². The van der Waals surface area contributed by atoms with Crippen molar-refractivity contribution in [3.63, 3.8) is 0 Å². The molecule has 0 aliphatic carbocycles. The summed E-state index contributed by atoms with van der Waals surface area (Å²) in [7, 11) is 2.14. The van der Waals surface area contributed by atoms with Gasteiger partial charge in [0.05, 0.1) is 10.6 Å². The molecule has 1 aliphatic rings. The Morgan fingerprint density at radius 2 is 1.95 bits per heavy atom. The summed E-state index contributed by atoms with van der Waals surface area (Å²) in [4.78, 5) is 16.8. The monoisotopic (exact) mass is 295 g/mol. The molecule has 5 heteroatoms. The molecule has 1 N–H and O–H groups in total. The lowest BCUT2D eigenvalue weighted by Crippen LogP contribution is -2.51. The van der Waals surface area contributed by atoms with Crippen LogP contribution in [-0.4, -0.2) is 61.5 Å². The predicted molar refractivity (Wildman–Crippen MR) is 82.3 cm³/mol. The molecule has 1 unspecified atom stereocenters. The molecule has 1 amide bonds. The zero-order chi connectivity index (χ0) is 14.5.